The van der Waals surface area contributed by atoms with Gasteiger partial charge in [-0.25, -0.2) is 27.1 Å². The summed E-state index contributed by atoms with van der Waals surface area (Å²) in [7, 11) is -2.86. The molecule has 10 heteroatoms. The van der Waals surface area contributed by atoms with Crippen LogP contribution in [0.1, 0.15) is 20.7 Å². The smallest absolute Gasteiger partial charge is 0.342 e. The topological polar surface area (TPSA) is 113 Å². The van der Waals surface area contributed by atoms with E-state index < -0.39 is 45.6 Å². The lowest BCUT2D eigenvalue weighted by Crippen LogP contribution is -2.17. The number of ether oxygens (including phenoxy) is 2. The molecule has 26 heavy (non-hydrogen) atoms. The molecule has 0 aromatic heterocycles. The van der Waals surface area contributed by atoms with E-state index in [1.807, 2.05) is 0 Å². The highest BCUT2D eigenvalue weighted by Crippen LogP contribution is 2.23. The van der Waals surface area contributed by atoms with Crippen LogP contribution >= 0.6 is 0 Å². The minimum atomic E-state index is -4.09. The van der Waals surface area contributed by atoms with Gasteiger partial charge in [0.1, 0.15) is 22.9 Å². The minimum Gasteiger partial charge on any atom is -0.496 e. The average molecular weight is 385 g/mol. The van der Waals surface area contributed by atoms with Crippen LogP contribution in [-0.2, 0) is 14.8 Å². The molecule has 0 radical (unpaired) electrons. The molecule has 0 spiro atoms. The Hall–Kier alpha value is -2.85. The van der Waals surface area contributed by atoms with E-state index >= 15 is 0 Å². The maximum absolute atomic E-state index is 13.5. The number of methoxy groups -OCH3 is 1. The molecule has 0 amide bonds. The Morgan fingerprint density at radius 1 is 1.08 bits per heavy atom. The van der Waals surface area contributed by atoms with Crippen molar-refractivity contribution in [2.45, 2.75) is 4.90 Å². The van der Waals surface area contributed by atoms with Crippen LogP contribution in [0, 0.1) is 11.6 Å². The number of carbonyl (C=O) groups excluding carboxylic acids is 2. The normalized spacial score (nSPS) is 11.1. The van der Waals surface area contributed by atoms with Crippen molar-refractivity contribution >= 4 is 21.8 Å². The van der Waals surface area contributed by atoms with E-state index in [1.54, 1.807) is 0 Å². The van der Waals surface area contributed by atoms with Gasteiger partial charge in [0.2, 0.25) is 15.8 Å². The standard InChI is InChI=1S/C16H13F2NO6S/c1-24-15-5-3-10(26(19,22)23)7-12(15)16(21)25-8-14(20)11-6-9(17)2-4-13(11)18/h2-7H,8H2,1H3,(H2,19,22,23). The first-order valence-corrected chi connectivity index (χ1v) is 8.54. The van der Waals surface area contributed by atoms with Gasteiger partial charge in [-0.3, -0.25) is 4.79 Å². The Morgan fingerprint density at radius 2 is 1.77 bits per heavy atom. The number of benzene rings is 2. The first-order chi connectivity index (χ1) is 12.1. The van der Waals surface area contributed by atoms with Crippen molar-refractivity contribution in [1.29, 1.82) is 0 Å². The number of hydrogen-bond acceptors (Lipinski definition) is 6. The Morgan fingerprint density at radius 3 is 2.38 bits per heavy atom. The van der Waals surface area contributed by atoms with E-state index in [1.165, 1.54) is 13.2 Å². The maximum Gasteiger partial charge on any atom is 0.342 e. The number of halogens is 2. The molecule has 0 atom stereocenters. The second-order valence-electron chi connectivity index (χ2n) is 5.03. The lowest BCUT2D eigenvalue weighted by atomic mass is 10.1. The maximum atomic E-state index is 13.5. The molecule has 0 aliphatic rings. The van der Waals surface area contributed by atoms with E-state index in [0.29, 0.717) is 6.07 Å². The second kappa shape index (κ2) is 7.58. The molecule has 0 unspecified atom stereocenters. The van der Waals surface area contributed by atoms with Gasteiger partial charge in [0.25, 0.3) is 0 Å². The van der Waals surface area contributed by atoms with Crippen LogP contribution < -0.4 is 9.88 Å². The third kappa shape index (κ3) is 4.41. The van der Waals surface area contributed by atoms with E-state index in [2.05, 4.69) is 0 Å². The van der Waals surface area contributed by atoms with Crippen molar-refractivity contribution in [3.63, 3.8) is 0 Å². The lowest BCUT2D eigenvalue weighted by Gasteiger charge is -2.10. The molecular formula is C16H13F2NO6S. The molecule has 0 saturated carbocycles. The fraction of sp³-hybridized carbons (Fsp3) is 0.125. The number of sulfonamides is 1. The summed E-state index contributed by atoms with van der Waals surface area (Å²) in [4.78, 5) is 23.7. The van der Waals surface area contributed by atoms with Crippen LogP contribution in [0.4, 0.5) is 8.78 Å². The molecule has 0 bridgehead atoms. The van der Waals surface area contributed by atoms with Crippen molar-refractivity contribution in [3.05, 3.63) is 59.2 Å². The number of hydrogen-bond donors (Lipinski definition) is 1. The molecule has 2 rings (SSSR count). The molecule has 0 saturated heterocycles. The minimum absolute atomic E-state index is 0.0215. The van der Waals surface area contributed by atoms with Gasteiger partial charge < -0.3 is 9.47 Å². The predicted molar refractivity (Wildman–Crippen MR) is 85.3 cm³/mol. The van der Waals surface area contributed by atoms with Crippen LogP contribution in [-0.4, -0.2) is 33.9 Å². The zero-order valence-corrected chi connectivity index (χ0v) is 14.2. The molecule has 0 heterocycles. The monoisotopic (exact) mass is 385 g/mol. The molecule has 0 aliphatic heterocycles. The van der Waals surface area contributed by atoms with Gasteiger partial charge in [0.05, 0.1) is 17.6 Å². The third-order valence-electron chi connectivity index (χ3n) is 3.28. The van der Waals surface area contributed by atoms with Gasteiger partial charge in [-0.15, -0.1) is 0 Å². The predicted octanol–water partition coefficient (Wildman–Crippen LogP) is 1.66. The summed E-state index contributed by atoms with van der Waals surface area (Å²) >= 11 is 0. The second-order valence-corrected chi connectivity index (χ2v) is 6.59. The fourth-order valence-electron chi connectivity index (χ4n) is 2.02. The summed E-state index contributed by atoms with van der Waals surface area (Å²) in [5.74, 6) is -3.90. The van der Waals surface area contributed by atoms with E-state index in [9.17, 15) is 26.8 Å². The lowest BCUT2D eigenvalue weighted by molar-refractivity contribution is 0.0470. The molecule has 7 nitrogen and oxygen atoms in total. The summed E-state index contributed by atoms with van der Waals surface area (Å²) in [6.07, 6.45) is 0. The quantitative estimate of drug-likeness (QED) is 0.598. The van der Waals surface area contributed by atoms with Crippen LogP contribution in [0.3, 0.4) is 0 Å². The zero-order chi connectivity index (χ0) is 19.5. The average Bonchev–Trinajstić information content (AvgIpc) is 2.60. The Labute approximate surface area is 147 Å². The molecular weight excluding hydrogens is 372 g/mol. The first kappa shape index (κ1) is 19.5. The molecule has 2 aromatic rings. The van der Waals surface area contributed by atoms with Gasteiger partial charge in [-0.05, 0) is 36.4 Å². The number of ketones is 1. The molecule has 2 aromatic carbocycles. The van der Waals surface area contributed by atoms with Gasteiger partial charge in [0.15, 0.2) is 6.61 Å². The third-order valence-corrected chi connectivity index (χ3v) is 4.19. The van der Waals surface area contributed by atoms with Crippen molar-refractivity contribution in [3.8, 4) is 5.75 Å². The highest BCUT2D eigenvalue weighted by Gasteiger charge is 2.21. The van der Waals surface area contributed by atoms with Crippen LogP contribution in [0.25, 0.3) is 0 Å². The van der Waals surface area contributed by atoms with Crippen molar-refractivity contribution in [1.82, 2.24) is 0 Å². The van der Waals surface area contributed by atoms with E-state index in [4.69, 9.17) is 14.6 Å². The van der Waals surface area contributed by atoms with Crippen molar-refractivity contribution in [2.75, 3.05) is 13.7 Å². The van der Waals surface area contributed by atoms with Gasteiger partial charge >= 0.3 is 5.97 Å². The zero-order valence-electron chi connectivity index (χ0n) is 13.4. The van der Waals surface area contributed by atoms with Crippen molar-refractivity contribution < 1.29 is 36.3 Å². The number of rotatable bonds is 6. The van der Waals surface area contributed by atoms with E-state index in [0.717, 1.165) is 24.3 Å². The van der Waals surface area contributed by atoms with Crippen molar-refractivity contribution in [2.24, 2.45) is 5.14 Å². The van der Waals surface area contributed by atoms with Crippen LogP contribution in [0.2, 0.25) is 0 Å². The molecule has 0 fully saturated rings. The van der Waals surface area contributed by atoms with Gasteiger partial charge in [-0.1, -0.05) is 0 Å². The summed E-state index contributed by atoms with van der Waals surface area (Å²) in [5, 5.41) is 4.99. The Bertz CT molecular complexity index is 975. The Kier molecular flexibility index (Phi) is 5.68. The summed E-state index contributed by atoms with van der Waals surface area (Å²) < 4.78 is 59.1. The number of primary sulfonamides is 1. The number of nitrogens with two attached hydrogens (primary N) is 1. The summed E-state index contributed by atoms with van der Waals surface area (Å²) in [6.45, 7) is -0.887. The van der Waals surface area contributed by atoms with E-state index in [-0.39, 0.29) is 16.2 Å². The summed E-state index contributed by atoms with van der Waals surface area (Å²) in [5.41, 5.74) is -0.880. The molecule has 2 N–H and O–H groups in total. The highest BCUT2D eigenvalue weighted by molar-refractivity contribution is 7.89. The molecule has 0 aliphatic carbocycles. The SMILES string of the molecule is COc1ccc(S(N)(=O)=O)cc1C(=O)OCC(=O)c1cc(F)ccc1F. The Balaban J connectivity index is 2.22. The highest BCUT2D eigenvalue weighted by atomic mass is 32.2. The summed E-state index contributed by atoms with van der Waals surface area (Å²) in [6, 6.07) is 5.50. The van der Waals surface area contributed by atoms with Gasteiger partial charge in [-0.2, -0.15) is 0 Å². The number of Topliss-reactive ketones (excluding diaryl/α,β-unsaturated/α-hetero) is 1. The number of carbonyl (C=O) groups is 2. The largest absolute Gasteiger partial charge is 0.496 e. The first-order valence-electron chi connectivity index (χ1n) is 6.99. The van der Waals surface area contributed by atoms with Gasteiger partial charge in [0, 0.05) is 0 Å². The van der Waals surface area contributed by atoms with Crippen LogP contribution in [0.5, 0.6) is 5.75 Å². The van der Waals surface area contributed by atoms with Crippen LogP contribution in [0.15, 0.2) is 41.3 Å². The fourth-order valence-corrected chi connectivity index (χ4v) is 2.56. The molecule has 138 valence electrons. The number of esters is 1.